The number of benzene rings is 2. The van der Waals surface area contributed by atoms with E-state index < -0.39 is 0 Å². The van der Waals surface area contributed by atoms with Gasteiger partial charge in [-0.1, -0.05) is 30.3 Å². The minimum atomic E-state index is -0.0812. The van der Waals surface area contributed by atoms with Crippen molar-refractivity contribution in [1.29, 1.82) is 0 Å². The van der Waals surface area contributed by atoms with E-state index in [1.165, 1.54) is 0 Å². The molecule has 0 fully saturated rings. The number of rotatable bonds is 8. The van der Waals surface area contributed by atoms with Crippen LogP contribution in [0.2, 0.25) is 0 Å². The monoisotopic (exact) mass is 431 g/mol. The Morgan fingerprint density at radius 2 is 1.94 bits per heavy atom. The lowest BCUT2D eigenvalue weighted by molar-refractivity contribution is 0.0984. The van der Waals surface area contributed by atoms with E-state index in [1.54, 1.807) is 17.2 Å². The Labute approximate surface area is 189 Å². The zero-order valence-electron chi connectivity index (χ0n) is 18.8. The van der Waals surface area contributed by atoms with Gasteiger partial charge in [0.2, 0.25) is 5.95 Å². The number of carbonyl (C=O) groups is 1. The number of fused-ring (bicyclic) bond motifs is 1. The summed E-state index contributed by atoms with van der Waals surface area (Å²) in [6, 6.07) is 17.6. The van der Waals surface area contributed by atoms with E-state index in [1.807, 2.05) is 50.5 Å². The number of nitrogens with one attached hydrogen (secondary N) is 1. The summed E-state index contributed by atoms with van der Waals surface area (Å²) >= 11 is 0. The van der Waals surface area contributed by atoms with Gasteiger partial charge in [-0.3, -0.25) is 9.69 Å². The molecule has 0 spiro atoms. The molecular formula is C25H29N5O2. The number of anilines is 2. The highest BCUT2D eigenvalue weighted by atomic mass is 16.5. The molecule has 1 aliphatic rings. The maximum absolute atomic E-state index is 13.5. The van der Waals surface area contributed by atoms with Gasteiger partial charge >= 0.3 is 0 Å². The Kier molecular flexibility index (Phi) is 6.66. The van der Waals surface area contributed by atoms with Gasteiger partial charge in [-0.2, -0.15) is 4.98 Å². The molecule has 1 N–H and O–H groups in total. The summed E-state index contributed by atoms with van der Waals surface area (Å²) in [4.78, 5) is 26.3. The van der Waals surface area contributed by atoms with E-state index in [0.717, 1.165) is 23.3 Å². The van der Waals surface area contributed by atoms with Crippen molar-refractivity contribution in [3.63, 3.8) is 0 Å². The topological polar surface area (TPSA) is 70.6 Å². The third-order valence-corrected chi connectivity index (χ3v) is 5.51. The van der Waals surface area contributed by atoms with Crippen molar-refractivity contribution in [3.05, 3.63) is 77.5 Å². The number of nitrogens with zero attached hydrogens (tertiary/aromatic N) is 4. The summed E-state index contributed by atoms with van der Waals surface area (Å²) in [5, 5.41) is 3.34. The lowest BCUT2D eigenvalue weighted by Gasteiger charge is -2.24. The predicted octanol–water partition coefficient (Wildman–Crippen LogP) is 3.79. The van der Waals surface area contributed by atoms with Crippen LogP contribution in [0.1, 0.15) is 34.5 Å². The number of carbonyl (C=O) groups excluding carboxylic acids is 1. The summed E-state index contributed by atoms with van der Waals surface area (Å²) in [5.74, 6) is 1.85. The van der Waals surface area contributed by atoms with Gasteiger partial charge < -0.3 is 15.0 Å². The van der Waals surface area contributed by atoms with Crippen LogP contribution in [0.4, 0.5) is 11.8 Å². The first-order valence-corrected chi connectivity index (χ1v) is 10.9. The highest BCUT2D eigenvalue weighted by Gasteiger charge is 2.22. The standard InChI is InChI=1S/C25H29N5O2/c1-18(19-7-5-4-6-8-19)27-25-26-13-11-23(28-25)30(15-14-29(2)3)24(31)21-9-10-22-20(17-21)12-16-32-22/h4-11,13,17-18H,12,14-16H2,1-3H3,(H,26,27,28)/t18-/m0/s1. The minimum Gasteiger partial charge on any atom is -0.493 e. The van der Waals surface area contributed by atoms with Gasteiger partial charge in [-0.05, 0) is 56.4 Å². The van der Waals surface area contributed by atoms with Gasteiger partial charge in [-0.15, -0.1) is 0 Å². The Morgan fingerprint density at radius 3 is 2.72 bits per heavy atom. The summed E-state index contributed by atoms with van der Waals surface area (Å²) in [6.07, 6.45) is 2.52. The van der Waals surface area contributed by atoms with E-state index in [9.17, 15) is 4.79 Å². The summed E-state index contributed by atoms with van der Waals surface area (Å²) in [5.41, 5.74) is 2.85. The van der Waals surface area contributed by atoms with Gasteiger partial charge in [0, 0.05) is 31.3 Å². The van der Waals surface area contributed by atoms with Gasteiger partial charge in [-0.25, -0.2) is 4.98 Å². The number of hydrogen-bond acceptors (Lipinski definition) is 6. The van der Waals surface area contributed by atoms with Crippen molar-refractivity contribution < 1.29 is 9.53 Å². The summed E-state index contributed by atoms with van der Waals surface area (Å²) < 4.78 is 5.59. The molecule has 7 heteroatoms. The number of likely N-dealkylation sites (N-methyl/N-ethyl adjacent to an activating group) is 1. The molecule has 32 heavy (non-hydrogen) atoms. The van der Waals surface area contributed by atoms with Crippen LogP contribution in [0.3, 0.4) is 0 Å². The number of amides is 1. The smallest absolute Gasteiger partial charge is 0.259 e. The minimum absolute atomic E-state index is 0.0362. The van der Waals surface area contributed by atoms with Crippen LogP contribution < -0.4 is 15.0 Å². The average molecular weight is 432 g/mol. The summed E-state index contributed by atoms with van der Waals surface area (Å²) in [7, 11) is 3.98. The van der Waals surface area contributed by atoms with Crippen molar-refractivity contribution >= 4 is 17.7 Å². The molecule has 1 amide bonds. The molecule has 0 aliphatic carbocycles. The lowest BCUT2D eigenvalue weighted by Crippen LogP contribution is -2.37. The second-order valence-electron chi connectivity index (χ2n) is 8.20. The molecule has 1 aromatic heterocycles. The van der Waals surface area contributed by atoms with Crippen molar-refractivity contribution in [1.82, 2.24) is 14.9 Å². The normalized spacial score (nSPS) is 13.4. The Hall–Kier alpha value is -3.45. The first-order valence-electron chi connectivity index (χ1n) is 10.9. The van der Waals surface area contributed by atoms with E-state index in [4.69, 9.17) is 4.74 Å². The number of ether oxygens (including phenoxy) is 1. The quantitative estimate of drug-likeness (QED) is 0.585. The fourth-order valence-corrected chi connectivity index (χ4v) is 3.68. The molecule has 1 aliphatic heterocycles. The van der Waals surface area contributed by atoms with E-state index in [0.29, 0.717) is 37.0 Å². The maximum Gasteiger partial charge on any atom is 0.259 e. The molecule has 0 radical (unpaired) electrons. The van der Waals surface area contributed by atoms with E-state index in [-0.39, 0.29) is 11.9 Å². The van der Waals surface area contributed by atoms with Crippen molar-refractivity contribution in [2.24, 2.45) is 0 Å². The average Bonchev–Trinajstić information content (AvgIpc) is 3.28. The molecule has 7 nitrogen and oxygen atoms in total. The molecule has 2 aromatic carbocycles. The van der Waals surface area contributed by atoms with Crippen LogP contribution in [0.15, 0.2) is 60.8 Å². The van der Waals surface area contributed by atoms with Crippen LogP contribution in [0, 0.1) is 0 Å². The van der Waals surface area contributed by atoms with Crippen molar-refractivity contribution in [2.75, 3.05) is 44.0 Å². The number of aromatic nitrogens is 2. The fraction of sp³-hybridized carbons (Fsp3) is 0.320. The predicted molar refractivity (Wildman–Crippen MR) is 126 cm³/mol. The van der Waals surface area contributed by atoms with Crippen LogP contribution in [-0.2, 0) is 6.42 Å². The molecule has 0 unspecified atom stereocenters. The highest BCUT2D eigenvalue weighted by molar-refractivity contribution is 6.05. The van der Waals surface area contributed by atoms with Crippen LogP contribution in [-0.4, -0.2) is 54.6 Å². The molecule has 4 rings (SSSR count). The van der Waals surface area contributed by atoms with E-state index >= 15 is 0 Å². The third-order valence-electron chi connectivity index (χ3n) is 5.51. The fourth-order valence-electron chi connectivity index (χ4n) is 3.68. The van der Waals surface area contributed by atoms with Crippen LogP contribution in [0.25, 0.3) is 0 Å². The first-order chi connectivity index (χ1) is 15.5. The second-order valence-corrected chi connectivity index (χ2v) is 8.20. The molecule has 0 saturated heterocycles. The Morgan fingerprint density at radius 1 is 1.12 bits per heavy atom. The van der Waals surface area contributed by atoms with Gasteiger partial charge in [0.25, 0.3) is 5.91 Å². The van der Waals surface area contributed by atoms with Gasteiger partial charge in [0.1, 0.15) is 11.6 Å². The largest absolute Gasteiger partial charge is 0.493 e. The molecule has 3 aromatic rings. The third kappa shape index (κ3) is 5.06. The maximum atomic E-state index is 13.5. The van der Waals surface area contributed by atoms with Crippen molar-refractivity contribution in [2.45, 2.75) is 19.4 Å². The first kappa shape index (κ1) is 21.8. The second kappa shape index (κ2) is 9.78. The summed E-state index contributed by atoms with van der Waals surface area (Å²) in [6.45, 7) is 3.96. The molecule has 166 valence electrons. The molecule has 0 bridgehead atoms. The SMILES string of the molecule is C[C@H](Nc1nccc(N(CCN(C)C)C(=O)c2ccc3c(c2)CCO3)n1)c1ccccc1. The molecule has 2 heterocycles. The highest BCUT2D eigenvalue weighted by Crippen LogP contribution is 2.27. The van der Waals surface area contributed by atoms with Crippen molar-refractivity contribution in [3.8, 4) is 5.75 Å². The molecular weight excluding hydrogens is 402 g/mol. The number of hydrogen-bond donors (Lipinski definition) is 1. The lowest BCUT2D eigenvalue weighted by atomic mass is 10.1. The molecule has 1 atom stereocenters. The van der Waals surface area contributed by atoms with Crippen LogP contribution >= 0.6 is 0 Å². The zero-order chi connectivity index (χ0) is 22.5. The van der Waals surface area contributed by atoms with Crippen LogP contribution in [0.5, 0.6) is 5.75 Å². The Bertz CT molecular complexity index is 1070. The van der Waals surface area contributed by atoms with Gasteiger partial charge in [0.15, 0.2) is 0 Å². The van der Waals surface area contributed by atoms with Gasteiger partial charge in [0.05, 0.1) is 12.6 Å². The van der Waals surface area contributed by atoms with E-state index in [2.05, 4.69) is 39.2 Å². The molecule has 0 saturated carbocycles. The Balaban J connectivity index is 1.58. The zero-order valence-corrected chi connectivity index (χ0v) is 18.8.